The van der Waals surface area contributed by atoms with E-state index in [2.05, 4.69) is 22.4 Å². The first-order valence-corrected chi connectivity index (χ1v) is 7.77. The van der Waals surface area contributed by atoms with Gasteiger partial charge in [-0.15, -0.1) is 0 Å². The number of methoxy groups -OCH3 is 1. The van der Waals surface area contributed by atoms with E-state index in [1.165, 1.54) is 12.1 Å². The van der Waals surface area contributed by atoms with E-state index in [0.29, 0.717) is 24.7 Å². The number of benzene rings is 1. The summed E-state index contributed by atoms with van der Waals surface area (Å²) >= 11 is 0. The van der Waals surface area contributed by atoms with Gasteiger partial charge in [-0.3, -0.25) is 9.59 Å². The van der Waals surface area contributed by atoms with Gasteiger partial charge in [0.05, 0.1) is 13.7 Å². The molecule has 1 aromatic heterocycles. The van der Waals surface area contributed by atoms with Crippen LogP contribution in [-0.2, 0) is 6.54 Å². The Bertz CT molecular complexity index is 722. The second-order valence-electron chi connectivity index (χ2n) is 5.18. The molecule has 24 heavy (non-hydrogen) atoms. The van der Waals surface area contributed by atoms with E-state index in [9.17, 15) is 9.59 Å². The minimum Gasteiger partial charge on any atom is -0.493 e. The van der Waals surface area contributed by atoms with Gasteiger partial charge in [-0.2, -0.15) is 5.10 Å². The van der Waals surface area contributed by atoms with Crippen LogP contribution in [-0.4, -0.2) is 29.8 Å². The van der Waals surface area contributed by atoms with Crippen molar-refractivity contribution in [2.45, 2.75) is 26.3 Å². The first kappa shape index (κ1) is 17.5. The summed E-state index contributed by atoms with van der Waals surface area (Å²) in [6, 6.07) is 8.15. The fourth-order valence-electron chi connectivity index (χ4n) is 2.01. The monoisotopic (exact) mass is 331 g/mol. The SMILES string of the molecule is CCCCOc1ccc(CNC(=O)c2ccc(=O)[nH]n2)cc1OC. The van der Waals surface area contributed by atoms with Crippen molar-refractivity contribution >= 4 is 5.91 Å². The van der Waals surface area contributed by atoms with Crippen LogP contribution in [0.2, 0.25) is 0 Å². The minimum atomic E-state index is -0.367. The van der Waals surface area contributed by atoms with Crippen molar-refractivity contribution in [2.24, 2.45) is 0 Å². The fourth-order valence-corrected chi connectivity index (χ4v) is 2.01. The summed E-state index contributed by atoms with van der Waals surface area (Å²) in [4.78, 5) is 22.9. The second-order valence-corrected chi connectivity index (χ2v) is 5.18. The Morgan fingerprint density at radius 3 is 2.75 bits per heavy atom. The predicted octanol–water partition coefficient (Wildman–Crippen LogP) is 1.89. The number of hydrogen-bond donors (Lipinski definition) is 2. The number of rotatable bonds is 8. The van der Waals surface area contributed by atoms with E-state index in [1.54, 1.807) is 7.11 Å². The number of carbonyl (C=O) groups is 1. The smallest absolute Gasteiger partial charge is 0.271 e. The van der Waals surface area contributed by atoms with Crippen molar-refractivity contribution in [3.05, 3.63) is 51.9 Å². The molecule has 0 aliphatic carbocycles. The summed E-state index contributed by atoms with van der Waals surface area (Å²) in [5.74, 6) is 0.942. The number of unbranched alkanes of at least 4 members (excludes halogenated alkanes) is 1. The lowest BCUT2D eigenvalue weighted by molar-refractivity contribution is 0.0944. The van der Waals surface area contributed by atoms with Crippen molar-refractivity contribution in [3.8, 4) is 11.5 Å². The Morgan fingerprint density at radius 1 is 1.25 bits per heavy atom. The third kappa shape index (κ3) is 4.84. The third-order valence-corrected chi connectivity index (χ3v) is 3.35. The molecular formula is C17H21N3O4. The number of ether oxygens (including phenoxy) is 2. The first-order valence-electron chi connectivity index (χ1n) is 7.77. The quantitative estimate of drug-likeness (QED) is 0.721. The van der Waals surface area contributed by atoms with Gasteiger partial charge in [-0.05, 0) is 30.2 Å². The highest BCUT2D eigenvalue weighted by molar-refractivity contribution is 5.91. The predicted molar refractivity (Wildman–Crippen MR) is 89.4 cm³/mol. The number of nitrogens with zero attached hydrogens (tertiary/aromatic N) is 1. The summed E-state index contributed by atoms with van der Waals surface area (Å²) in [7, 11) is 1.58. The summed E-state index contributed by atoms with van der Waals surface area (Å²) in [5, 5.41) is 8.65. The molecule has 1 amide bonds. The molecule has 1 heterocycles. The van der Waals surface area contributed by atoms with Crippen LogP contribution < -0.4 is 20.3 Å². The van der Waals surface area contributed by atoms with Crippen molar-refractivity contribution in [3.63, 3.8) is 0 Å². The van der Waals surface area contributed by atoms with Crippen LogP contribution in [0.1, 0.15) is 35.8 Å². The molecule has 0 atom stereocenters. The molecule has 0 saturated carbocycles. The normalized spacial score (nSPS) is 10.2. The van der Waals surface area contributed by atoms with Crippen LogP contribution >= 0.6 is 0 Å². The van der Waals surface area contributed by atoms with E-state index < -0.39 is 0 Å². The summed E-state index contributed by atoms with van der Waals surface area (Å²) in [6.45, 7) is 3.05. The Labute approximate surface area is 140 Å². The van der Waals surface area contributed by atoms with Crippen LogP contribution in [0.15, 0.2) is 35.1 Å². The highest BCUT2D eigenvalue weighted by Crippen LogP contribution is 2.28. The molecule has 7 nitrogen and oxygen atoms in total. The van der Waals surface area contributed by atoms with Crippen LogP contribution in [0.4, 0.5) is 0 Å². The van der Waals surface area contributed by atoms with Crippen molar-refractivity contribution in [1.82, 2.24) is 15.5 Å². The molecule has 0 saturated heterocycles. The third-order valence-electron chi connectivity index (χ3n) is 3.35. The van der Waals surface area contributed by atoms with Crippen LogP contribution in [0.3, 0.4) is 0 Å². The number of carbonyl (C=O) groups excluding carboxylic acids is 1. The maximum absolute atomic E-state index is 12.0. The lowest BCUT2D eigenvalue weighted by atomic mass is 10.2. The number of nitrogens with one attached hydrogen (secondary N) is 2. The molecular weight excluding hydrogens is 310 g/mol. The summed E-state index contributed by atoms with van der Waals surface area (Å²) < 4.78 is 11.0. The lowest BCUT2D eigenvalue weighted by Gasteiger charge is -2.12. The van der Waals surface area contributed by atoms with E-state index in [0.717, 1.165) is 18.4 Å². The average molecular weight is 331 g/mol. The summed E-state index contributed by atoms with van der Waals surface area (Å²) in [6.07, 6.45) is 2.04. The molecule has 0 spiro atoms. The Morgan fingerprint density at radius 2 is 2.08 bits per heavy atom. The van der Waals surface area contributed by atoms with Crippen LogP contribution in [0, 0.1) is 0 Å². The van der Waals surface area contributed by atoms with Gasteiger partial charge >= 0.3 is 0 Å². The molecule has 0 radical (unpaired) electrons. The number of amides is 1. The minimum absolute atomic E-state index is 0.154. The van der Waals surface area contributed by atoms with Gasteiger partial charge in [0.1, 0.15) is 5.69 Å². The topological polar surface area (TPSA) is 93.3 Å². The molecule has 0 fully saturated rings. The maximum Gasteiger partial charge on any atom is 0.271 e. The zero-order chi connectivity index (χ0) is 17.4. The number of aromatic amines is 1. The molecule has 2 rings (SSSR count). The Balaban J connectivity index is 1.98. The first-order chi connectivity index (χ1) is 11.6. The fraction of sp³-hybridized carbons (Fsp3) is 0.353. The van der Waals surface area contributed by atoms with Gasteiger partial charge in [0.15, 0.2) is 11.5 Å². The average Bonchev–Trinajstić information content (AvgIpc) is 2.61. The molecule has 2 aromatic rings. The lowest BCUT2D eigenvalue weighted by Crippen LogP contribution is -2.25. The van der Waals surface area contributed by atoms with Crippen LogP contribution in [0.25, 0.3) is 0 Å². The van der Waals surface area contributed by atoms with E-state index in [4.69, 9.17) is 9.47 Å². The number of aromatic nitrogens is 2. The van der Waals surface area contributed by atoms with Gasteiger partial charge in [-0.25, -0.2) is 5.10 Å². The highest BCUT2D eigenvalue weighted by Gasteiger charge is 2.09. The standard InChI is InChI=1S/C17H21N3O4/c1-3-4-9-24-14-7-5-12(10-15(14)23-2)11-18-17(22)13-6-8-16(21)20-19-13/h5-8,10H,3-4,9,11H2,1-2H3,(H,18,22)(H,20,21). The van der Waals surface area contributed by atoms with Gasteiger partial charge in [-0.1, -0.05) is 19.4 Å². The van der Waals surface area contributed by atoms with Gasteiger partial charge in [0, 0.05) is 12.6 Å². The number of H-pyrrole nitrogens is 1. The summed E-state index contributed by atoms with van der Waals surface area (Å²) in [5.41, 5.74) is 0.670. The van der Waals surface area contributed by atoms with Crippen molar-refractivity contribution < 1.29 is 14.3 Å². The Kier molecular flexibility index (Phi) is 6.36. The molecule has 0 aliphatic heterocycles. The molecule has 0 bridgehead atoms. The van der Waals surface area contributed by atoms with Crippen molar-refractivity contribution in [2.75, 3.05) is 13.7 Å². The largest absolute Gasteiger partial charge is 0.493 e. The van der Waals surface area contributed by atoms with Gasteiger partial charge in [0.25, 0.3) is 11.5 Å². The van der Waals surface area contributed by atoms with E-state index >= 15 is 0 Å². The van der Waals surface area contributed by atoms with Gasteiger partial charge < -0.3 is 14.8 Å². The molecule has 1 aromatic carbocycles. The number of hydrogen-bond acceptors (Lipinski definition) is 5. The van der Waals surface area contributed by atoms with E-state index in [1.807, 2.05) is 18.2 Å². The van der Waals surface area contributed by atoms with Crippen LogP contribution in [0.5, 0.6) is 11.5 Å². The Hall–Kier alpha value is -2.83. The maximum atomic E-state index is 12.0. The molecule has 7 heteroatoms. The van der Waals surface area contributed by atoms with Crippen molar-refractivity contribution in [1.29, 1.82) is 0 Å². The van der Waals surface area contributed by atoms with E-state index in [-0.39, 0.29) is 17.2 Å². The highest BCUT2D eigenvalue weighted by atomic mass is 16.5. The second kappa shape index (κ2) is 8.71. The van der Waals surface area contributed by atoms with Gasteiger partial charge in [0.2, 0.25) is 0 Å². The zero-order valence-corrected chi connectivity index (χ0v) is 13.8. The molecule has 0 unspecified atom stereocenters. The zero-order valence-electron chi connectivity index (χ0n) is 13.8. The molecule has 2 N–H and O–H groups in total. The molecule has 0 aliphatic rings. The molecule has 128 valence electrons.